The molecule has 1 heterocycles. The molecule has 0 aliphatic carbocycles. The Morgan fingerprint density at radius 1 is 1.12 bits per heavy atom. The Labute approximate surface area is 150 Å². The number of halogens is 1. The molecule has 0 aliphatic rings. The molecule has 2 atom stereocenters. The fourth-order valence-electron chi connectivity index (χ4n) is 2.57. The Hall–Kier alpha value is -2.70. The maximum absolute atomic E-state index is 12.4. The Morgan fingerprint density at radius 2 is 1.84 bits per heavy atom. The smallest absolute Gasteiger partial charge is 0.241 e. The molecule has 1 aromatic heterocycles. The van der Waals surface area contributed by atoms with Gasteiger partial charge in [-0.3, -0.25) is 9.89 Å². The van der Waals surface area contributed by atoms with Crippen molar-refractivity contribution in [2.45, 2.75) is 12.0 Å². The third-order valence-corrected chi connectivity index (χ3v) is 4.21. The molecule has 128 valence electrons. The predicted molar refractivity (Wildman–Crippen MR) is 96.1 cm³/mol. The van der Waals surface area contributed by atoms with Gasteiger partial charge >= 0.3 is 0 Å². The van der Waals surface area contributed by atoms with Crippen LogP contribution in [-0.2, 0) is 4.79 Å². The minimum absolute atomic E-state index is 0.134. The summed E-state index contributed by atoms with van der Waals surface area (Å²) in [6, 6.07) is 16.0. The summed E-state index contributed by atoms with van der Waals surface area (Å²) in [5.41, 5.74) is 7.78. The van der Waals surface area contributed by atoms with Crippen molar-refractivity contribution in [1.29, 1.82) is 0 Å². The number of amides is 1. The average molecular weight is 356 g/mol. The van der Waals surface area contributed by atoms with E-state index in [4.69, 9.17) is 17.3 Å². The molecule has 0 aliphatic heterocycles. The van der Waals surface area contributed by atoms with E-state index in [1.165, 1.54) is 6.33 Å². The minimum atomic E-state index is -0.761. The van der Waals surface area contributed by atoms with Gasteiger partial charge in [0.1, 0.15) is 18.2 Å². The van der Waals surface area contributed by atoms with Crippen molar-refractivity contribution in [3.8, 4) is 0 Å². The van der Waals surface area contributed by atoms with Crippen LogP contribution in [0.1, 0.15) is 28.9 Å². The summed E-state index contributed by atoms with van der Waals surface area (Å²) in [5, 5.41) is 10.3. The zero-order valence-electron chi connectivity index (χ0n) is 13.4. The first kappa shape index (κ1) is 17.1. The number of nitrogens with two attached hydrogens (primary N) is 1. The van der Waals surface area contributed by atoms with E-state index in [1.807, 2.05) is 30.3 Å². The van der Waals surface area contributed by atoms with E-state index in [1.54, 1.807) is 24.3 Å². The number of hydrogen-bond acceptors (Lipinski definition) is 4. The van der Waals surface area contributed by atoms with Crippen LogP contribution in [0, 0.1) is 0 Å². The van der Waals surface area contributed by atoms with Crippen LogP contribution in [0.4, 0.5) is 0 Å². The van der Waals surface area contributed by atoms with Crippen LogP contribution in [0.3, 0.4) is 0 Å². The molecule has 1 amide bonds. The Bertz CT molecular complexity index is 805. The second-order valence-electron chi connectivity index (χ2n) is 5.61. The summed E-state index contributed by atoms with van der Waals surface area (Å²) in [6.45, 7) is 0.360. The number of carbonyl (C=O) groups is 1. The third kappa shape index (κ3) is 4.23. The summed E-state index contributed by atoms with van der Waals surface area (Å²) in [7, 11) is 0. The summed E-state index contributed by atoms with van der Waals surface area (Å²) < 4.78 is 0. The van der Waals surface area contributed by atoms with Gasteiger partial charge in [0.05, 0.1) is 5.92 Å². The van der Waals surface area contributed by atoms with Crippen molar-refractivity contribution in [3.05, 3.63) is 82.9 Å². The van der Waals surface area contributed by atoms with E-state index in [9.17, 15) is 4.79 Å². The van der Waals surface area contributed by atoms with Crippen molar-refractivity contribution in [2.24, 2.45) is 5.73 Å². The topological polar surface area (TPSA) is 96.7 Å². The maximum atomic E-state index is 12.4. The largest absolute Gasteiger partial charge is 0.353 e. The van der Waals surface area contributed by atoms with Gasteiger partial charge in [-0.05, 0) is 23.3 Å². The van der Waals surface area contributed by atoms with Crippen LogP contribution in [0.25, 0.3) is 0 Å². The zero-order valence-corrected chi connectivity index (χ0v) is 14.1. The van der Waals surface area contributed by atoms with Crippen molar-refractivity contribution in [1.82, 2.24) is 20.5 Å². The van der Waals surface area contributed by atoms with Gasteiger partial charge in [-0.2, -0.15) is 5.10 Å². The standard InChI is InChI=1S/C18H18ClN5O/c19-14-8-6-13(7-9-14)16(20)18(25)21-10-15(17-22-11-23-24-17)12-4-2-1-3-5-12/h1-9,11,15-16H,10,20H2,(H,21,25)(H,22,23,24). The first-order valence-corrected chi connectivity index (χ1v) is 8.22. The van der Waals surface area contributed by atoms with Gasteiger partial charge < -0.3 is 11.1 Å². The van der Waals surface area contributed by atoms with E-state index in [0.717, 1.165) is 5.56 Å². The van der Waals surface area contributed by atoms with Gasteiger partial charge in [0, 0.05) is 11.6 Å². The second kappa shape index (κ2) is 7.92. The molecule has 6 nitrogen and oxygen atoms in total. The fourth-order valence-corrected chi connectivity index (χ4v) is 2.70. The van der Waals surface area contributed by atoms with Crippen LogP contribution in [-0.4, -0.2) is 27.6 Å². The van der Waals surface area contributed by atoms with E-state index in [0.29, 0.717) is 23.0 Å². The first-order chi connectivity index (χ1) is 12.1. The lowest BCUT2D eigenvalue weighted by molar-refractivity contribution is -0.122. The van der Waals surface area contributed by atoms with E-state index in [2.05, 4.69) is 20.5 Å². The molecular formula is C18H18ClN5O. The molecule has 3 rings (SSSR count). The Balaban J connectivity index is 1.70. The van der Waals surface area contributed by atoms with Gasteiger partial charge in [-0.15, -0.1) is 0 Å². The minimum Gasteiger partial charge on any atom is -0.353 e. The Kier molecular flexibility index (Phi) is 5.42. The highest BCUT2D eigenvalue weighted by Gasteiger charge is 2.21. The van der Waals surface area contributed by atoms with E-state index in [-0.39, 0.29) is 11.8 Å². The molecule has 0 saturated heterocycles. The fraction of sp³-hybridized carbons (Fsp3) is 0.167. The van der Waals surface area contributed by atoms with E-state index < -0.39 is 6.04 Å². The molecule has 25 heavy (non-hydrogen) atoms. The highest BCUT2D eigenvalue weighted by Crippen LogP contribution is 2.21. The SMILES string of the molecule is NC(C(=O)NCC(c1ccccc1)c1ncn[nH]1)c1ccc(Cl)cc1. The predicted octanol–water partition coefficient (Wildman–Crippen LogP) is 2.41. The van der Waals surface area contributed by atoms with Gasteiger partial charge in [0.2, 0.25) is 5.91 Å². The molecule has 0 bridgehead atoms. The summed E-state index contributed by atoms with van der Waals surface area (Å²) >= 11 is 5.87. The highest BCUT2D eigenvalue weighted by atomic mass is 35.5. The number of H-pyrrole nitrogens is 1. The number of rotatable bonds is 6. The summed E-state index contributed by atoms with van der Waals surface area (Å²) in [5.74, 6) is 0.291. The molecule has 3 aromatic rings. The monoisotopic (exact) mass is 355 g/mol. The highest BCUT2D eigenvalue weighted by molar-refractivity contribution is 6.30. The van der Waals surface area contributed by atoms with Gasteiger partial charge in [0.25, 0.3) is 0 Å². The number of aromatic amines is 1. The van der Waals surface area contributed by atoms with E-state index >= 15 is 0 Å². The second-order valence-corrected chi connectivity index (χ2v) is 6.04. The molecule has 0 fully saturated rings. The molecule has 2 aromatic carbocycles. The van der Waals surface area contributed by atoms with Crippen molar-refractivity contribution >= 4 is 17.5 Å². The van der Waals surface area contributed by atoms with Crippen molar-refractivity contribution in [2.75, 3.05) is 6.54 Å². The van der Waals surface area contributed by atoms with Crippen LogP contribution in [0.5, 0.6) is 0 Å². The average Bonchev–Trinajstić information content (AvgIpc) is 3.17. The number of hydrogen-bond donors (Lipinski definition) is 3. The lowest BCUT2D eigenvalue weighted by Crippen LogP contribution is -2.36. The van der Waals surface area contributed by atoms with Crippen LogP contribution in [0.2, 0.25) is 5.02 Å². The van der Waals surface area contributed by atoms with Gasteiger partial charge in [-0.1, -0.05) is 54.1 Å². The van der Waals surface area contributed by atoms with Crippen molar-refractivity contribution < 1.29 is 4.79 Å². The lowest BCUT2D eigenvalue weighted by Gasteiger charge is -2.18. The Morgan fingerprint density at radius 3 is 2.48 bits per heavy atom. The molecule has 0 saturated carbocycles. The van der Waals surface area contributed by atoms with Gasteiger partial charge in [-0.25, -0.2) is 4.98 Å². The lowest BCUT2D eigenvalue weighted by atomic mass is 9.98. The normalized spacial score (nSPS) is 13.2. The van der Waals surface area contributed by atoms with Gasteiger partial charge in [0.15, 0.2) is 0 Å². The summed E-state index contributed by atoms with van der Waals surface area (Å²) in [4.78, 5) is 16.6. The zero-order chi connectivity index (χ0) is 17.6. The molecule has 7 heteroatoms. The third-order valence-electron chi connectivity index (χ3n) is 3.96. The molecule has 4 N–H and O–H groups in total. The quantitative estimate of drug-likeness (QED) is 0.632. The number of carbonyl (C=O) groups excluding carboxylic acids is 1. The maximum Gasteiger partial charge on any atom is 0.241 e. The van der Waals surface area contributed by atoms with Crippen LogP contribution >= 0.6 is 11.6 Å². The van der Waals surface area contributed by atoms with Crippen LogP contribution in [0.15, 0.2) is 60.9 Å². The number of aromatic nitrogens is 3. The molecule has 0 radical (unpaired) electrons. The van der Waals surface area contributed by atoms with Crippen LogP contribution < -0.4 is 11.1 Å². The first-order valence-electron chi connectivity index (χ1n) is 7.84. The summed E-state index contributed by atoms with van der Waals surface area (Å²) in [6.07, 6.45) is 1.45. The van der Waals surface area contributed by atoms with Crippen molar-refractivity contribution in [3.63, 3.8) is 0 Å². The molecule has 2 unspecified atom stereocenters. The number of nitrogens with one attached hydrogen (secondary N) is 2. The molecule has 0 spiro atoms. The molecular weight excluding hydrogens is 338 g/mol. The number of benzene rings is 2. The number of nitrogens with zero attached hydrogens (tertiary/aromatic N) is 2.